The number of benzene rings is 12. The van der Waals surface area contributed by atoms with Crippen molar-refractivity contribution in [2.75, 3.05) is 4.90 Å². The van der Waals surface area contributed by atoms with Crippen LogP contribution < -0.4 is 26.0 Å². The van der Waals surface area contributed by atoms with Gasteiger partial charge in [-0.3, -0.25) is 0 Å². The number of ether oxygens (including phenoxy) is 1. The van der Waals surface area contributed by atoms with Gasteiger partial charge < -0.3 is 14.2 Å². The van der Waals surface area contributed by atoms with Crippen molar-refractivity contribution in [1.29, 1.82) is 0 Å². The minimum Gasteiger partial charge on any atom is -0.458 e. The van der Waals surface area contributed by atoms with Gasteiger partial charge in [-0.25, -0.2) is 0 Å². The maximum Gasteiger partial charge on any atom is 0.256 e. The average Bonchev–Trinajstić information content (AvgIpc) is 1.52. The number of aromatic nitrogens is 1. The molecule has 0 aliphatic carbocycles. The van der Waals surface area contributed by atoms with Gasteiger partial charge in [-0.15, -0.1) is 0 Å². The van der Waals surface area contributed by atoms with E-state index in [-0.39, 0.29) is 33.8 Å². The van der Waals surface area contributed by atoms with Gasteiger partial charge in [0.15, 0.2) is 0 Å². The second kappa shape index (κ2) is 21.1. The number of para-hydroxylation sites is 2. The normalized spacial score (nSPS) is 16.0. The molecule has 7 aliphatic heterocycles. The van der Waals surface area contributed by atoms with Crippen LogP contribution in [0.25, 0.3) is 94.3 Å². The third-order valence-electron chi connectivity index (χ3n) is 24.0. The van der Waals surface area contributed by atoms with E-state index in [4.69, 9.17) is 4.74 Å². The molecule has 4 heteroatoms. The molecule has 20 rings (SSSR count). The fourth-order valence-corrected chi connectivity index (χ4v) is 18.0. The standard InChI is InChI=1S/C97H91BN2O/c1-91(2,3)66-33-25-56(26-34-66)60-47-62-51-64(49-60)73-21-19-23-75-76-24-20-22-74-65-50-61(57-27-35-67(36-28-57)92(4,5)6)48-63(52-65)59-31-39-69(40-32-59)97(18)77-53-70(93(7,8)9)41-44-80(77)99-81-45-42-71(94(10,11)12)54-78(81)98-79-55-72(95(13,14)15)43-46-82(79)101-90-84(96(16,17)68-37-29-58(62)30-38-68)88(83(97)89(99)85(90)98)100(86(73)75)87(74)76/h19-55H,1-18H3. The van der Waals surface area contributed by atoms with Crippen LogP contribution in [-0.4, -0.2) is 11.3 Å². The van der Waals surface area contributed by atoms with Crippen LogP contribution in [0.4, 0.5) is 17.1 Å². The van der Waals surface area contributed by atoms with E-state index in [0.717, 1.165) is 28.3 Å². The first kappa shape index (κ1) is 63.3. The van der Waals surface area contributed by atoms with E-state index in [9.17, 15) is 0 Å². The smallest absolute Gasteiger partial charge is 0.256 e. The Kier molecular flexibility index (Phi) is 13.2. The Labute approximate surface area is 599 Å². The molecule has 0 saturated heterocycles. The van der Waals surface area contributed by atoms with Crippen LogP contribution in [0.5, 0.6) is 11.5 Å². The van der Waals surface area contributed by atoms with Gasteiger partial charge in [0.25, 0.3) is 6.71 Å². The Bertz CT molecular complexity index is 5640. The zero-order valence-corrected chi connectivity index (χ0v) is 62.2. The zero-order valence-electron chi connectivity index (χ0n) is 62.2. The predicted octanol–water partition coefficient (Wildman–Crippen LogP) is 24.3. The predicted molar refractivity (Wildman–Crippen MR) is 430 cm³/mol. The Hall–Kier alpha value is -9.90. The van der Waals surface area contributed by atoms with Gasteiger partial charge in [0.05, 0.1) is 28.1 Å². The minimum atomic E-state index is -0.819. The lowest BCUT2D eigenvalue weighted by atomic mass is 9.33. The lowest BCUT2D eigenvalue weighted by Gasteiger charge is -2.52. The fourth-order valence-electron chi connectivity index (χ4n) is 18.0. The lowest BCUT2D eigenvalue weighted by Crippen LogP contribution is -2.62. The molecule has 0 amide bonds. The molecule has 0 spiro atoms. The van der Waals surface area contributed by atoms with Crippen LogP contribution in [0, 0.1) is 0 Å². The Balaban J connectivity index is 1.10. The molecule has 0 fully saturated rings. The second-order valence-electron chi connectivity index (χ2n) is 36.0. The molecule has 3 nitrogen and oxygen atoms in total. The Morgan fingerprint density at radius 3 is 1.20 bits per heavy atom. The molecule has 101 heavy (non-hydrogen) atoms. The number of hydrogen-bond donors (Lipinski definition) is 0. The summed E-state index contributed by atoms with van der Waals surface area (Å²) in [7, 11) is 0. The van der Waals surface area contributed by atoms with Crippen molar-refractivity contribution in [3.05, 3.63) is 280 Å². The molecule has 12 aromatic carbocycles. The first-order valence-electron chi connectivity index (χ1n) is 36.8. The highest BCUT2D eigenvalue weighted by Crippen LogP contribution is 2.63. The van der Waals surface area contributed by atoms with Gasteiger partial charge in [-0.1, -0.05) is 288 Å². The van der Waals surface area contributed by atoms with Crippen molar-refractivity contribution in [3.63, 3.8) is 0 Å². The summed E-state index contributed by atoms with van der Waals surface area (Å²) >= 11 is 0. The highest BCUT2D eigenvalue weighted by atomic mass is 16.5. The molecule has 13 aromatic rings. The molecule has 1 aromatic heterocycles. The molecule has 1 atom stereocenters. The summed E-state index contributed by atoms with van der Waals surface area (Å²) in [6, 6.07) is 89.5. The molecule has 8 bridgehead atoms. The zero-order chi connectivity index (χ0) is 70.3. The van der Waals surface area contributed by atoms with E-state index in [1.54, 1.807) is 0 Å². The maximum absolute atomic E-state index is 8.30. The molecule has 498 valence electrons. The number of rotatable bonds is 2. The number of nitrogens with zero attached hydrogens (tertiary/aromatic N) is 2. The molecule has 0 saturated carbocycles. The van der Waals surface area contributed by atoms with Gasteiger partial charge in [0.2, 0.25) is 0 Å². The van der Waals surface area contributed by atoms with Crippen LogP contribution in [0.15, 0.2) is 224 Å². The van der Waals surface area contributed by atoms with E-state index in [1.165, 1.54) is 167 Å². The molecular formula is C97H91BN2O. The fraction of sp³-hybridized carbons (Fsp3) is 0.258. The van der Waals surface area contributed by atoms with E-state index < -0.39 is 10.8 Å². The quantitative estimate of drug-likeness (QED) is 0.161. The van der Waals surface area contributed by atoms with E-state index >= 15 is 0 Å². The summed E-state index contributed by atoms with van der Waals surface area (Å²) in [5.74, 6) is 1.84. The van der Waals surface area contributed by atoms with E-state index in [2.05, 4.69) is 359 Å². The van der Waals surface area contributed by atoms with Crippen LogP contribution >= 0.6 is 0 Å². The molecule has 8 heterocycles. The van der Waals surface area contributed by atoms with Crippen LogP contribution in [0.2, 0.25) is 0 Å². The molecule has 0 N–H and O–H groups in total. The summed E-state index contributed by atoms with van der Waals surface area (Å²) in [6.45, 7) is 42.6. The lowest BCUT2D eigenvalue weighted by molar-refractivity contribution is 0.463. The van der Waals surface area contributed by atoms with Crippen LogP contribution in [-0.2, 0) is 37.9 Å². The maximum atomic E-state index is 8.30. The first-order chi connectivity index (χ1) is 47.8. The van der Waals surface area contributed by atoms with Crippen molar-refractivity contribution in [1.82, 2.24) is 4.57 Å². The van der Waals surface area contributed by atoms with Gasteiger partial charge >= 0.3 is 0 Å². The highest BCUT2D eigenvalue weighted by molar-refractivity contribution is 6.99. The Morgan fingerprint density at radius 1 is 0.337 bits per heavy atom. The summed E-state index contributed by atoms with van der Waals surface area (Å²) in [5, 5.41) is 2.40. The molecular weight excluding hydrogens is 1220 g/mol. The van der Waals surface area contributed by atoms with Gasteiger partial charge in [0.1, 0.15) is 11.5 Å². The molecule has 7 aliphatic rings. The Morgan fingerprint density at radius 2 is 0.733 bits per heavy atom. The second-order valence-corrected chi connectivity index (χ2v) is 36.0. The minimum absolute atomic E-state index is 0.0107. The van der Waals surface area contributed by atoms with Crippen molar-refractivity contribution >= 4 is 62.0 Å². The topological polar surface area (TPSA) is 17.4 Å². The van der Waals surface area contributed by atoms with Gasteiger partial charge in [-0.2, -0.15) is 0 Å². The largest absolute Gasteiger partial charge is 0.458 e. The van der Waals surface area contributed by atoms with Crippen molar-refractivity contribution in [3.8, 4) is 83.9 Å². The number of fused-ring (bicyclic) bond motifs is 12. The van der Waals surface area contributed by atoms with Crippen LogP contribution in [0.3, 0.4) is 0 Å². The van der Waals surface area contributed by atoms with Crippen molar-refractivity contribution < 1.29 is 4.74 Å². The van der Waals surface area contributed by atoms with E-state index in [1.807, 2.05) is 0 Å². The molecule has 0 radical (unpaired) electrons. The first-order valence-corrected chi connectivity index (χ1v) is 36.8. The highest BCUT2D eigenvalue weighted by Gasteiger charge is 2.55. The van der Waals surface area contributed by atoms with Gasteiger partial charge in [-0.05, 0) is 205 Å². The molecule has 1 unspecified atom stereocenters. The summed E-state index contributed by atoms with van der Waals surface area (Å²) < 4.78 is 11.1. The third kappa shape index (κ3) is 9.38. The van der Waals surface area contributed by atoms with E-state index in [0.29, 0.717) is 0 Å². The third-order valence-corrected chi connectivity index (χ3v) is 24.0. The number of anilines is 3. The van der Waals surface area contributed by atoms with Crippen molar-refractivity contribution in [2.45, 2.75) is 163 Å². The van der Waals surface area contributed by atoms with Gasteiger partial charge in [0, 0.05) is 49.5 Å². The summed E-state index contributed by atoms with van der Waals surface area (Å²) in [5.41, 5.74) is 35.7. The summed E-state index contributed by atoms with van der Waals surface area (Å²) in [4.78, 5) is 2.73. The average molecular weight is 1310 g/mol. The summed E-state index contributed by atoms with van der Waals surface area (Å²) in [6.07, 6.45) is 0. The van der Waals surface area contributed by atoms with Crippen molar-refractivity contribution in [2.24, 2.45) is 0 Å². The van der Waals surface area contributed by atoms with Crippen LogP contribution in [0.1, 0.15) is 180 Å². The SMILES string of the molecule is CC(C)(C)c1ccc(-c2cc3cc(c2)-c2cccc4c5cccc6c5n(c24)-c2c(c4c5c7c2C(C)(c2ccc(cc2)-c2cc(-c8ccc(C(C)(C)C)cc8)cc-6c2)c2cc(C(C)(C)C)ccc2N7c2ccc(C(C)(C)C)cc2B5c2cc(C(C)(C)C)ccc2O4)C(C)(C)c2ccc-3cc2)cc1. The number of hydrogen-bond acceptors (Lipinski definition) is 2. The monoisotopic (exact) mass is 1310 g/mol.